The molecule has 0 aliphatic carbocycles. The SMILES string of the molecule is CNC(=O)NCc1ccc(Cl)s1. The van der Waals surface area contributed by atoms with Crippen LogP contribution < -0.4 is 10.6 Å². The summed E-state index contributed by atoms with van der Waals surface area (Å²) in [6.45, 7) is 0.525. The van der Waals surface area contributed by atoms with Crippen molar-refractivity contribution in [2.24, 2.45) is 0 Å². The van der Waals surface area contributed by atoms with Gasteiger partial charge in [0.1, 0.15) is 0 Å². The summed E-state index contributed by atoms with van der Waals surface area (Å²) in [5, 5.41) is 5.13. The van der Waals surface area contributed by atoms with Crippen molar-refractivity contribution in [2.75, 3.05) is 7.05 Å². The summed E-state index contributed by atoms with van der Waals surface area (Å²) >= 11 is 7.16. The van der Waals surface area contributed by atoms with Crippen LogP contribution in [0.4, 0.5) is 4.79 Å². The second-order valence-electron chi connectivity index (χ2n) is 2.14. The van der Waals surface area contributed by atoms with Gasteiger partial charge in [0, 0.05) is 11.9 Å². The molecular weight excluding hydrogens is 196 g/mol. The van der Waals surface area contributed by atoms with Crippen LogP contribution >= 0.6 is 22.9 Å². The smallest absolute Gasteiger partial charge is 0.314 e. The molecule has 3 nitrogen and oxygen atoms in total. The lowest BCUT2D eigenvalue weighted by atomic mass is 10.5. The van der Waals surface area contributed by atoms with E-state index in [1.54, 1.807) is 7.05 Å². The maximum atomic E-state index is 10.7. The minimum Gasteiger partial charge on any atom is -0.341 e. The first kappa shape index (κ1) is 9.35. The average molecular weight is 205 g/mol. The van der Waals surface area contributed by atoms with Gasteiger partial charge in [-0.05, 0) is 12.1 Å². The van der Waals surface area contributed by atoms with Crippen molar-refractivity contribution in [1.29, 1.82) is 0 Å². The number of urea groups is 1. The largest absolute Gasteiger partial charge is 0.341 e. The van der Waals surface area contributed by atoms with E-state index in [1.165, 1.54) is 11.3 Å². The molecule has 0 saturated heterocycles. The van der Waals surface area contributed by atoms with Crippen molar-refractivity contribution in [1.82, 2.24) is 10.6 Å². The standard InChI is InChI=1S/C7H9ClN2OS/c1-9-7(11)10-4-5-2-3-6(8)12-5/h2-3H,4H2,1H3,(H2,9,10,11). The third-order valence-corrected chi connectivity index (χ3v) is 2.51. The highest BCUT2D eigenvalue weighted by molar-refractivity contribution is 7.16. The number of carbonyl (C=O) groups is 1. The predicted molar refractivity (Wildman–Crippen MR) is 50.6 cm³/mol. The van der Waals surface area contributed by atoms with E-state index in [4.69, 9.17) is 11.6 Å². The molecule has 1 aromatic heterocycles. The maximum Gasteiger partial charge on any atom is 0.314 e. The highest BCUT2D eigenvalue weighted by Crippen LogP contribution is 2.20. The molecule has 0 atom stereocenters. The van der Waals surface area contributed by atoms with Crippen molar-refractivity contribution in [2.45, 2.75) is 6.54 Å². The molecule has 12 heavy (non-hydrogen) atoms. The van der Waals surface area contributed by atoms with Gasteiger partial charge in [-0.1, -0.05) is 11.6 Å². The minimum absolute atomic E-state index is 0.181. The van der Waals surface area contributed by atoms with E-state index < -0.39 is 0 Å². The lowest BCUT2D eigenvalue weighted by molar-refractivity contribution is 0.242. The molecule has 1 heterocycles. The first-order valence-electron chi connectivity index (χ1n) is 3.42. The zero-order valence-electron chi connectivity index (χ0n) is 6.56. The van der Waals surface area contributed by atoms with Crippen molar-refractivity contribution < 1.29 is 4.79 Å². The van der Waals surface area contributed by atoms with E-state index in [-0.39, 0.29) is 6.03 Å². The van der Waals surface area contributed by atoms with Crippen LogP contribution in [0.1, 0.15) is 4.88 Å². The van der Waals surface area contributed by atoms with Gasteiger partial charge in [0.15, 0.2) is 0 Å². The molecule has 0 aliphatic heterocycles. The summed E-state index contributed by atoms with van der Waals surface area (Å²) in [7, 11) is 1.58. The average Bonchev–Trinajstić information content (AvgIpc) is 2.47. The normalized spacial score (nSPS) is 9.50. The molecule has 0 bridgehead atoms. The van der Waals surface area contributed by atoms with Gasteiger partial charge in [-0.25, -0.2) is 4.79 Å². The van der Waals surface area contributed by atoms with E-state index in [0.29, 0.717) is 6.54 Å². The van der Waals surface area contributed by atoms with Gasteiger partial charge >= 0.3 is 6.03 Å². The third kappa shape index (κ3) is 2.71. The number of amides is 2. The summed E-state index contributed by atoms with van der Waals surface area (Å²) in [5.41, 5.74) is 0. The topological polar surface area (TPSA) is 41.1 Å². The first-order valence-corrected chi connectivity index (χ1v) is 4.61. The van der Waals surface area contributed by atoms with E-state index in [9.17, 15) is 4.79 Å². The van der Waals surface area contributed by atoms with Gasteiger partial charge in [-0.3, -0.25) is 0 Å². The molecule has 0 radical (unpaired) electrons. The number of nitrogens with one attached hydrogen (secondary N) is 2. The zero-order chi connectivity index (χ0) is 8.97. The first-order chi connectivity index (χ1) is 5.72. The highest BCUT2D eigenvalue weighted by atomic mass is 35.5. The van der Waals surface area contributed by atoms with Gasteiger partial charge < -0.3 is 10.6 Å². The maximum absolute atomic E-state index is 10.7. The van der Waals surface area contributed by atoms with Crippen molar-refractivity contribution >= 4 is 29.0 Å². The van der Waals surface area contributed by atoms with Crippen molar-refractivity contribution in [3.63, 3.8) is 0 Å². The van der Waals surface area contributed by atoms with Gasteiger partial charge in [-0.15, -0.1) is 11.3 Å². The summed E-state index contributed by atoms with van der Waals surface area (Å²) in [5.74, 6) is 0. The fourth-order valence-corrected chi connectivity index (χ4v) is 1.73. The second kappa shape index (κ2) is 4.33. The Bertz CT molecular complexity index is 274. The fraction of sp³-hybridized carbons (Fsp3) is 0.286. The van der Waals surface area contributed by atoms with E-state index in [0.717, 1.165) is 9.21 Å². The molecule has 1 rings (SSSR count). The van der Waals surface area contributed by atoms with Crippen LogP contribution in [-0.2, 0) is 6.54 Å². The van der Waals surface area contributed by atoms with Crippen LogP contribution in [-0.4, -0.2) is 13.1 Å². The van der Waals surface area contributed by atoms with Gasteiger partial charge in [-0.2, -0.15) is 0 Å². The third-order valence-electron chi connectivity index (χ3n) is 1.28. The number of hydrogen-bond donors (Lipinski definition) is 2. The number of hydrogen-bond acceptors (Lipinski definition) is 2. The molecule has 66 valence electrons. The summed E-state index contributed by atoms with van der Waals surface area (Å²) in [4.78, 5) is 11.8. The van der Waals surface area contributed by atoms with Crippen LogP contribution in [0.2, 0.25) is 4.34 Å². The zero-order valence-corrected chi connectivity index (χ0v) is 8.13. The Balaban J connectivity index is 2.38. The number of thiophene rings is 1. The highest BCUT2D eigenvalue weighted by Gasteiger charge is 1.99. The van der Waals surface area contributed by atoms with Crippen molar-refractivity contribution in [3.8, 4) is 0 Å². The molecule has 2 N–H and O–H groups in total. The number of halogens is 1. The fourth-order valence-electron chi connectivity index (χ4n) is 0.703. The molecule has 0 aromatic carbocycles. The Hall–Kier alpha value is -0.740. The number of rotatable bonds is 2. The molecule has 1 aromatic rings. The van der Waals surface area contributed by atoms with Gasteiger partial charge in [0.2, 0.25) is 0 Å². The van der Waals surface area contributed by atoms with E-state index in [1.807, 2.05) is 12.1 Å². The predicted octanol–water partition coefficient (Wildman–Crippen LogP) is 1.83. The molecule has 5 heteroatoms. The summed E-state index contributed by atoms with van der Waals surface area (Å²) in [6.07, 6.45) is 0. The summed E-state index contributed by atoms with van der Waals surface area (Å²) < 4.78 is 0.740. The minimum atomic E-state index is -0.181. The number of carbonyl (C=O) groups excluding carboxylic acids is 1. The Morgan fingerprint density at radius 3 is 2.92 bits per heavy atom. The second-order valence-corrected chi connectivity index (χ2v) is 3.94. The molecule has 0 aliphatic rings. The lowest BCUT2D eigenvalue weighted by Gasteiger charge is -2.00. The molecule has 0 saturated carbocycles. The van der Waals surface area contributed by atoms with Crippen LogP contribution in [0.15, 0.2) is 12.1 Å². The van der Waals surface area contributed by atoms with E-state index >= 15 is 0 Å². The Morgan fingerprint density at radius 1 is 1.67 bits per heavy atom. The molecular formula is C7H9ClN2OS. The van der Waals surface area contributed by atoms with Crippen LogP contribution in [0.25, 0.3) is 0 Å². The van der Waals surface area contributed by atoms with Crippen LogP contribution in [0, 0.1) is 0 Å². The lowest BCUT2D eigenvalue weighted by Crippen LogP contribution is -2.31. The van der Waals surface area contributed by atoms with Crippen LogP contribution in [0.5, 0.6) is 0 Å². The monoisotopic (exact) mass is 204 g/mol. The van der Waals surface area contributed by atoms with Gasteiger partial charge in [0.05, 0.1) is 10.9 Å². The van der Waals surface area contributed by atoms with E-state index in [2.05, 4.69) is 10.6 Å². The molecule has 2 amide bonds. The summed E-state index contributed by atoms with van der Waals surface area (Å²) in [6, 6.07) is 3.52. The Labute approximate surface area is 79.7 Å². The molecule has 0 unspecified atom stereocenters. The quantitative estimate of drug-likeness (QED) is 0.759. The Morgan fingerprint density at radius 2 is 2.42 bits per heavy atom. The van der Waals surface area contributed by atoms with Gasteiger partial charge in [0.25, 0.3) is 0 Å². The molecule has 0 fully saturated rings. The Kier molecular flexibility index (Phi) is 3.37. The van der Waals surface area contributed by atoms with Crippen molar-refractivity contribution in [3.05, 3.63) is 21.3 Å². The van der Waals surface area contributed by atoms with Crippen LogP contribution in [0.3, 0.4) is 0 Å². The molecule has 0 spiro atoms.